The molecule has 1 rings (SSSR count). The van der Waals surface area contributed by atoms with E-state index >= 15 is 0 Å². The molecule has 0 aromatic heterocycles. The normalized spacial score (nSPS) is 30.4. The molecule has 3 heteroatoms. The summed E-state index contributed by atoms with van der Waals surface area (Å²) in [4.78, 5) is 24.4. The quantitative estimate of drug-likeness (QED) is 0.693. The van der Waals surface area contributed by atoms with E-state index in [2.05, 4.69) is 0 Å². The summed E-state index contributed by atoms with van der Waals surface area (Å²) in [5.74, 6) is -1.15. The van der Waals surface area contributed by atoms with E-state index in [1.165, 1.54) is 18.7 Å². The fourth-order valence-electron chi connectivity index (χ4n) is 1.63. The molecular formula is C11H19NO2. The zero-order valence-electron chi connectivity index (χ0n) is 12.8. The lowest BCUT2D eigenvalue weighted by molar-refractivity contribution is -0.135. The second kappa shape index (κ2) is 4.58. The van der Waals surface area contributed by atoms with Crippen molar-refractivity contribution in [2.24, 2.45) is 5.92 Å². The molecule has 1 amide bonds. The molecule has 80 valence electrons. The molecule has 1 saturated heterocycles. The third kappa shape index (κ3) is 2.34. The number of likely N-dealkylation sites (tertiary alicyclic amines) is 1. The zero-order chi connectivity index (χ0) is 14.3. The fraction of sp³-hybridized carbons (Fsp3) is 0.818. The molecule has 0 aromatic carbocycles. The minimum Gasteiger partial charge on any atom is -0.333 e. The molecule has 0 spiro atoms. The molecule has 0 radical (unpaired) electrons. The molecule has 0 aromatic rings. The predicted molar refractivity (Wildman–Crippen MR) is 54.9 cm³/mol. The van der Waals surface area contributed by atoms with Gasteiger partial charge in [0.15, 0.2) is 5.78 Å². The van der Waals surface area contributed by atoms with Crippen LogP contribution in [0, 0.1) is 5.92 Å². The van der Waals surface area contributed by atoms with Gasteiger partial charge in [0.05, 0.1) is 6.04 Å². The first-order valence-electron chi connectivity index (χ1n) is 6.78. The molecule has 1 aliphatic heterocycles. The maximum atomic E-state index is 11.8. The SMILES string of the molecule is [2H]C([2H])(C)C([2H])([2H])[C@@H]1CC(=O)N([C@@H](C)C(C)=O)C1. The lowest BCUT2D eigenvalue weighted by Gasteiger charge is -2.22. The van der Waals surface area contributed by atoms with Gasteiger partial charge in [0.1, 0.15) is 0 Å². The van der Waals surface area contributed by atoms with Crippen molar-refractivity contribution in [3.63, 3.8) is 0 Å². The fourth-order valence-corrected chi connectivity index (χ4v) is 1.63. The van der Waals surface area contributed by atoms with E-state index in [0.717, 1.165) is 0 Å². The van der Waals surface area contributed by atoms with E-state index in [-0.39, 0.29) is 24.7 Å². The van der Waals surface area contributed by atoms with Gasteiger partial charge in [-0.15, -0.1) is 0 Å². The molecule has 14 heavy (non-hydrogen) atoms. The molecule has 0 unspecified atom stereocenters. The van der Waals surface area contributed by atoms with Crippen molar-refractivity contribution < 1.29 is 15.1 Å². The van der Waals surface area contributed by atoms with Crippen molar-refractivity contribution in [2.45, 2.75) is 46.0 Å². The zero-order valence-corrected chi connectivity index (χ0v) is 8.83. The Kier molecular flexibility index (Phi) is 2.16. The summed E-state index contributed by atoms with van der Waals surface area (Å²) in [5, 5.41) is 0. The molecule has 1 heterocycles. The Morgan fingerprint density at radius 1 is 1.79 bits per heavy atom. The van der Waals surface area contributed by atoms with Crippen molar-refractivity contribution in [3.05, 3.63) is 0 Å². The number of carbonyl (C=O) groups excluding carboxylic acids is 2. The number of ketones is 1. The minimum atomic E-state index is -2.09. The van der Waals surface area contributed by atoms with Crippen LogP contribution in [-0.4, -0.2) is 29.2 Å². The second-order valence-electron chi connectivity index (χ2n) is 3.63. The largest absolute Gasteiger partial charge is 0.333 e. The van der Waals surface area contributed by atoms with Crippen LogP contribution in [0.15, 0.2) is 0 Å². The molecular weight excluding hydrogens is 178 g/mol. The highest BCUT2D eigenvalue weighted by molar-refractivity contribution is 5.88. The standard InChI is InChI=1S/C11H19NO2/c1-4-5-10-6-11(14)12(7-10)8(2)9(3)13/h8,10H,4-7H2,1-3H3/t8-,10+/m0/s1/i4D2,5D2. The van der Waals surface area contributed by atoms with E-state index in [9.17, 15) is 9.59 Å². The van der Waals surface area contributed by atoms with Crippen LogP contribution >= 0.6 is 0 Å². The molecule has 1 fully saturated rings. The molecule has 2 atom stereocenters. The third-order valence-electron chi connectivity index (χ3n) is 2.56. The molecule has 3 nitrogen and oxygen atoms in total. The van der Waals surface area contributed by atoms with Crippen LogP contribution in [-0.2, 0) is 9.59 Å². The first-order chi connectivity index (χ1) is 7.98. The van der Waals surface area contributed by atoms with Gasteiger partial charge in [-0.25, -0.2) is 0 Å². The van der Waals surface area contributed by atoms with E-state index in [4.69, 9.17) is 5.48 Å². The summed E-state index contributed by atoms with van der Waals surface area (Å²) < 4.78 is 30.7. The smallest absolute Gasteiger partial charge is 0.223 e. The Bertz CT molecular complexity index is 365. The number of rotatable bonds is 4. The summed E-state index contributed by atoms with van der Waals surface area (Å²) in [6.45, 7) is 4.27. The van der Waals surface area contributed by atoms with Crippen LogP contribution in [0.1, 0.15) is 45.4 Å². The maximum absolute atomic E-state index is 11.8. The van der Waals surface area contributed by atoms with Crippen LogP contribution in [0.3, 0.4) is 0 Å². The number of nitrogens with zero attached hydrogens (tertiary/aromatic N) is 1. The Hall–Kier alpha value is -0.860. The van der Waals surface area contributed by atoms with Gasteiger partial charge in [0.2, 0.25) is 5.91 Å². The summed E-state index contributed by atoms with van der Waals surface area (Å²) in [6.07, 6.45) is -4.15. The van der Waals surface area contributed by atoms with E-state index in [1.807, 2.05) is 0 Å². The van der Waals surface area contributed by atoms with Gasteiger partial charge in [-0.1, -0.05) is 13.3 Å². The number of carbonyl (C=O) groups is 2. The highest BCUT2D eigenvalue weighted by atomic mass is 16.2. The van der Waals surface area contributed by atoms with Crippen LogP contribution in [0.5, 0.6) is 0 Å². The van der Waals surface area contributed by atoms with E-state index in [1.54, 1.807) is 6.92 Å². The summed E-state index contributed by atoms with van der Waals surface area (Å²) in [6, 6.07) is -0.568. The van der Waals surface area contributed by atoms with Gasteiger partial charge in [0, 0.05) is 18.4 Å². The van der Waals surface area contributed by atoms with Crippen molar-refractivity contribution in [3.8, 4) is 0 Å². The average Bonchev–Trinajstić information content (AvgIpc) is 2.57. The van der Waals surface area contributed by atoms with E-state index in [0.29, 0.717) is 0 Å². The van der Waals surface area contributed by atoms with Gasteiger partial charge in [-0.05, 0) is 26.1 Å². The van der Waals surface area contributed by atoms with Gasteiger partial charge < -0.3 is 4.90 Å². The topological polar surface area (TPSA) is 37.4 Å². The highest BCUT2D eigenvalue weighted by Gasteiger charge is 2.33. The monoisotopic (exact) mass is 201 g/mol. The lowest BCUT2D eigenvalue weighted by atomic mass is 10.0. The maximum Gasteiger partial charge on any atom is 0.223 e. The lowest BCUT2D eigenvalue weighted by Crippen LogP contribution is -2.38. The summed E-state index contributed by atoms with van der Waals surface area (Å²) in [5.41, 5.74) is 0. The van der Waals surface area contributed by atoms with Crippen LogP contribution in [0.2, 0.25) is 0 Å². The highest BCUT2D eigenvalue weighted by Crippen LogP contribution is 2.23. The summed E-state index contributed by atoms with van der Waals surface area (Å²) >= 11 is 0. The van der Waals surface area contributed by atoms with Gasteiger partial charge in [-0.2, -0.15) is 0 Å². The number of Topliss-reactive ketones (excluding diaryl/α,β-unsaturated/α-hetero) is 1. The first kappa shape index (κ1) is 6.59. The Morgan fingerprint density at radius 3 is 2.93 bits per heavy atom. The predicted octanol–water partition coefficient (Wildman–Crippen LogP) is 1.61. The summed E-state index contributed by atoms with van der Waals surface area (Å²) in [7, 11) is 0. The second-order valence-corrected chi connectivity index (χ2v) is 3.63. The van der Waals surface area contributed by atoms with Crippen LogP contribution in [0.25, 0.3) is 0 Å². The molecule has 0 saturated carbocycles. The van der Waals surface area contributed by atoms with Gasteiger partial charge in [-0.3, -0.25) is 9.59 Å². The van der Waals surface area contributed by atoms with Crippen molar-refractivity contribution in [1.29, 1.82) is 0 Å². The molecule has 1 aliphatic rings. The van der Waals surface area contributed by atoms with E-state index < -0.39 is 24.7 Å². The average molecular weight is 201 g/mol. The number of amides is 1. The molecule has 0 bridgehead atoms. The number of hydrogen-bond acceptors (Lipinski definition) is 2. The Morgan fingerprint density at radius 2 is 2.43 bits per heavy atom. The Labute approximate surface area is 91.1 Å². The molecule has 0 N–H and O–H groups in total. The molecule has 0 aliphatic carbocycles. The van der Waals surface area contributed by atoms with Gasteiger partial charge >= 0.3 is 0 Å². The minimum absolute atomic E-state index is 0.0437. The van der Waals surface area contributed by atoms with Crippen LogP contribution < -0.4 is 0 Å². The number of hydrogen-bond donors (Lipinski definition) is 0. The van der Waals surface area contributed by atoms with Gasteiger partial charge in [0.25, 0.3) is 0 Å². The van der Waals surface area contributed by atoms with Crippen molar-refractivity contribution >= 4 is 11.7 Å². The third-order valence-corrected chi connectivity index (χ3v) is 2.56. The van der Waals surface area contributed by atoms with Crippen molar-refractivity contribution in [1.82, 2.24) is 4.90 Å². The van der Waals surface area contributed by atoms with Crippen LogP contribution in [0.4, 0.5) is 0 Å². The Balaban J connectivity index is 2.88. The van der Waals surface area contributed by atoms with Crippen molar-refractivity contribution in [2.75, 3.05) is 6.54 Å². The first-order valence-corrected chi connectivity index (χ1v) is 4.78.